The quantitative estimate of drug-likeness (QED) is 0.641. The number of aromatic hydroxyl groups is 1. The van der Waals surface area contributed by atoms with Gasteiger partial charge in [0.2, 0.25) is 5.91 Å². The van der Waals surface area contributed by atoms with Crippen molar-refractivity contribution in [1.29, 1.82) is 0 Å². The lowest BCUT2D eigenvalue weighted by atomic mass is 9.87. The van der Waals surface area contributed by atoms with Gasteiger partial charge in [0, 0.05) is 24.9 Å². The second-order valence-electron chi connectivity index (χ2n) is 6.74. The number of phenols is 1. The smallest absolute Gasteiger partial charge is 0.220 e. The van der Waals surface area contributed by atoms with Gasteiger partial charge in [-0.25, -0.2) is 9.82 Å². The van der Waals surface area contributed by atoms with Gasteiger partial charge in [-0.15, -0.1) is 0 Å². The van der Waals surface area contributed by atoms with Gasteiger partial charge in [-0.05, 0) is 48.7 Å². The largest absolute Gasteiger partial charge is 0.508 e. The maximum Gasteiger partial charge on any atom is 0.220 e. The molecule has 1 saturated heterocycles. The number of carbonyl (C=O) groups is 1. The number of hydrogen-bond acceptors (Lipinski definition) is 4. The minimum atomic E-state index is -0.267. The van der Waals surface area contributed by atoms with Crippen LogP contribution in [0.2, 0.25) is 0 Å². The highest BCUT2D eigenvalue weighted by Crippen LogP contribution is 2.31. The number of carbonyl (C=O) groups excluding carboxylic acids is 1. The molecular weight excluding hydrogens is 333 g/mol. The van der Waals surface area contributed by atoms with Crippen molar-refractivity contribution in [2.75, 3.05) is 6.54 Å². The summed E-state index contributed by atoms with van der Waals surface area (Å²) in [6.45, 7) is 2.58. The molecule has 1 heterocycles. The summed E-state index contributed by atoms with van der Waals surface area (Å²) >= 11 is 0. The third kappa shape index (κ3) is 4.59. The van der Waals surface area contributed by atoms with Gasteiger partial charge < -0.3 is 10.4 Å². The zero-order chi connectivity index (χ0) is 18.5. The Morgan fingerprint density at radius 3 is 2.50 bits per heavy atom. The molecule has 0 aromatic heterocycles. The summed E-state index contributed by atoms with van der Waals surface area (Å²) in [5.74, 6) is 0.0449. The van der Waals surface area contributed by atoms with Gasteiger partial charge in [0.05, 0.1) is 6.04 Å². The van der Waals surface area contributed by atoms with Crippen LogP contribution >= 0.6 is 0 Å². The molecule has 3 atom stereocenters. The lowest BCUT2D eigenvalue weighted by molar-refractivity contribution is -0.122. The molecule has 6 heteroatoms. The summed E-state index contributed by atoms with van der Waals surface area (Å²) in [6, 6.07) is 13.5. The Labute approximate surface area is 152 Å². The summed E-state index contributed by atoms with van der Waals surface area (Å²) in [5.41, 5.74) is 8.41. The number of amides is 1. The van der Waals surface area contributed by atoms with Crippen molar-refractivity contribution in [3.63, 3.8) is 0 Å². The zero-order valence-corrected chi connectivity index (χ0v) is 14.7. The van der Waals surface area contributed by atoms with Crippen molar-refractivity contribution in [1.82, 2.24) is 16.2 Å². The number of benzene rings is 2. The minimum Gasteiger partial charge on any atom is -0.508 e. The third-order valence-corrected chi connectivity index (χ3v) is 4.86. The minimum absolute atomic E-state index is 0.00163. The van der Waals surface area contributed by atoms with Crippen LogP contribution in [-0.4, -0.2) is 23.6 Å². The third-order valence-electron chi connectivity index (χ3n) is 4.86. The fraction of sp³-hybridized carbons (Fsp3) is 0.350. The molecular formula is C20H24FN3O2. The van der Waals surface area contributed by atoms with E-state index in [1.807, 2.05) is 19.1 Å². The van der Waals surface area contributed by atoms with E-state index in [4.69, 9.17) is 0 Å². The summed E-state index contributed by atoms with van der Waals surface area (Å²) in [7, 11) is 0. The molecule has 1 fully saturated rings. The monoisotopic (exact) mass is 357 g/mol. The first kappa shape index (κ1) is 18.4. The molecule has 4 N–H and O–H groups in total. The van der Waals surface area contributed by atoms with Crippen LogP contribution in [0.3, 0.4) is 0 Å². The molecule has 1 aliphatic rings. The first-order chi connectivity index (χ1) is 12.5. The van der Waals surface area contributed by atoms with Crippen molar-refractivity contribution < 1.29 is 14.3 Å². The molecule has 3 unspecified atom stereocenters. The Kier molecular flexibility index (Phi) is 5.85. The molecule has 3 rings (SSSR count). The Morgan fingerprint density at radius 2 is 1.81 bits per heavy atom. The molecule has 0 spiro atoms. The maximum atomic E-state index is 13.1. The van der Waals surface area contributed by atoms with Crippen LogP contribution in [0.5, 0.6) is 5.75 Å². The van der Waals surface area contributed by atoms with E-state index in [0.29, 0.717) is 19.4 Å². The normalized spacial score (nSPS) is 22.3. The van der Waals surface area contributed by atoms with Crippen molar-refractivity contribution in [3.05, 3.63) is 65.5 Å². The lowest BCUT2D eigenvalue weighted by Crippen LogP contribution is -2.32. The molecule has 26 heavy (non-hydrogen) atoms. The summed E-state index contributed by atoms with van der Waals surface area (Å²) < 4.78 is 13.1. The molecule has 138 valence electrons. The average molecular weight is 357 g/mol. The molecule has 5 nitrogen and oxygen atoms in total. The first-order valence-corrected chi connectivity index (χ1v) is 8.84. The van der Waals surface area contributed by atoms with Crippen LogP contribution in [0.25, 0.3) is 0 Å². The van der Waals surface area contributed by atoms with E-state index in [9.17, 15) is 14.3 Å². The molecule has 2 aromatic rings. The highest BCUT2D eigenvalue weighted by atomic mass is 19.1. The Morgan fingerprint density at radius 1 is 1.12 bits per heavy atom. The standard InChI is InChI=1S/C20H24FN3O2/c1-13-18(20(24-23-13)15-4-6-16(21)7-5-15)12-19(26)22-11-10-14-2-8-17(25)9-3-14/h2-9,13,18,20,23-25H,10-12H2,1H3,(H,22,26). The molecule has 1 amide bonds. The maximum absolute atomic E-state index is 13.1. The zero-order valence-electron chi connectivity index (χ0n) is 14.7. The number of phenolic OH excluding ortho intramolecular Hbond substituents is 1. The Hall–Kier alpha value is -2.44. The first-order valence-electron chi connectivity index (χ1n) is 8.84. The van der Waals surface area contributed by atoms with Gasteiger partial charge in [0.15, 0.2) is 0 Å². The molecule has 0 saturated carbocycles. The average Bonchev–Trinajstić information content (AvgIpc) is 2.98. The van der Waals surface area contributed by atoms with Crippen molar-refractivity contribution in [2.24, 2.45) is 5.92 Å². The molecule has 2 aromatic carbocycles. The van der Waals surface area contributed by atoms with Gasteiger partial charge in [-0.1, -0.05) is 24.3 Å². The van der Waals surface area contributed by atoms with Crippen LogP contribution in [0.4, 0.5) is 4.39 Å². The number of halogens is 1. The predicted molar refractivity (Wildman–Crippen MR) is 97.8 cm³/mol. The number of hydrogen-bond donors (Lipinski definition) is 4. The van der Waals surface area contributed by atoms with Gasteiger partial charge in [-0.2, -0.15) is 0 Å². The van der Waals surface area contributed by atoms with E-state index in [1.165, 1.54) is 12.1 Å². The molecule has 1 aliphatic heterocycles. The van der Waals surface area contributed by atoms with Gasteiger partial charge in [0.1, 0.15) is 11.6 Å². The van der Waals surface area contributed by atoms with Crippen molar-refractivity contribution in [3.8, 4) is 5.75 Å². The highest BCUT2D eigenvalue weighted by Gasteiger charge is 2.35. The number of nitrogens with one attached hydrogen (secondary N) is 3. The van der Waals surface area contributed by atoms with E-state index < -0.39 is 0 Å². The van der Waals surface area contributed by atoms with Crippen LogP contribution in [-0.2, 0) is 11.2 Å². The van der Waals surface area contributed by atoms with E-state index in [1.54, 1.807) is 24.3 Å². The predicted octanol–water partition coefficient (Wildman–Crippen LogP) is 2.43. The van der Waals surface area contributed by atoms with E-state index in [0.717, 1.165) is 11.1 Å². The highest BCUT2D eigenvalue weighted by molar-refractivity contribution is 5.76. The molecule has 0 bridgehead atoms. The van der Waals surface area contributed by atoms with Crippen LogP contribution in [0, 0.1) is 11.7 Å². The number of rotatable bonds is 6. The van der Waals surface area contributed by atoms with E-state index in [2.05, 4.69) is 16.2 Å². The topological polar surface area (TPSA) is 73.4 Å². The van der Waals surface area contributed by atoms with Crippen LogP contribution in [0.1, 0.15) is 30.5 Å². The van der Waals surface area contributed by atoms with E-state index in [-0.39, 0.29) is 35.5 Å². The van der Waals surface area contributed by atoms with Gasteiger partial charge in [-0.3, -0.25) is 10.2 Å². The molecule has 0 aliphatic carbocycles. The SMILES string of the molecule is CC1NNC(c2ccc(F)cc2)C1CC(=O)NCCc1ccc(O)cc1. The van der Waals surface area contributed by atoms with Crippen LogP contribution < -0.4 is 16.2 Å². The second kappa shape index (κ2) is 8.29. The molecule has 0 radical (unpaired) electrons. The van der Waals surface area contributed by atoms with Crippen molar-refractivity contribution in [2.45, 2.75) is 31.8 Å². The van der Waals surface area contributed by atoms with E-state index >= 15 is 0 Å². The fourth-order valence-corrected chi connectivity index (χ4v) is 3.31. The summed E-state index contributed by atoms with van der Waals surface area (Å²) in [4.78, 5) is 12.4. The summed E-state index contributed by atoms with van der Waals surface area (Å²) in [6.07, 6.45) is 1.10. The van der Waals surface area contributed by atoms with Crippen molar-refractivity contribution >= 4 is 5.91 Å². The lowest BCUT2D eigenvalue weighted by Gasteiger charge is -2.21. The Balaban J connectivity index is 1.53. The Bertz CT molecular complexity index is 734. The fourth-order valence-electron chi connectivity index (χ4n) is 3.31. The van der Waals surface area contributed by atoms with Crippen LogP contribution in [0.15, 0.2) is 48.5 Å². The second-order valence-corrected chi connectivity index (χ2v) is 6.74. The number of hydrazine groups is 1. The van der Waals surface area contributed by atoms with Gasteiger partial charge >= 0.3 is 0 Å². The summed E-state index contributed by atoms with van der Waals surface area (Å²) in [5, 5.41) is 12.2. The van der Waals surface area contributed by atoms with Gasteiger partial charge in [0.25, 0.3) is 0 Å².